The zero-order valence-corrected chi connectivity index (χ0v) is 16.5. The smallest absolute Gasteiger partial charge is 0.201 e. The standard InChI is InChI=1S/C27H26N/c1-19-10-13-25(21(3)16-19)24-14-15-28(4)27(18-24)26-17-23(12-11-20(26)2)22-8-6-5-7-9-22/h5-18H,1-4H3/q+1/i3D3. The fourth-order valence-electron chi connectivity index (χ4n) is 3.62. The molecule has 0 atom stereocenters. The van der Waals surface area contributed by atoms with Gasteiger partial charge in [-0.05, 0) is 60.1 Å². The average molecular weight is 368 g/mol. The van der Waals surface area contributed by atoms with Crippen molar-refractivity contribution < 1.29 is 8.68 Å². The molecule has 28 heavy (non-hydrogen) atoms. The van der Waals surface area contributed by atoms with E-state index in [0.29, 0.717) is 5.56 Å². The largest absolute Gasteiger partial charge is 0.213 e. The second-order valence-corrected chi connectivity index (χ2v) is 7.36. The van der Waals surface area contributed by atoms with Crippen molar-refractivity contribution in [1.82, 2.24) is 0 Å². The van der Waals surface area contributed by atoms with Gasteiger partial charge in [0.25, 0.3) is 0 Å². The Hall–Kier alpha value is -3.19. The number of hydrogen-bond acceptors (Lipinski definition) is 0. The molecule has 0 unspecified atom stereocenters. The molecule has 1 heterocycles. The van der Waals surface area contributed by atoms with E-state index in [0.717, 1.165) is 33.5 Å². The minimum absolute atomic E-state index is 0.391. The van der Waals surface area contributed by atoms with E-state index in [-0.39, 0.29) is 0 Å². The second-order valence-electron chi connectivity index (χ2n) is 7.36. The molecule has 0 aliphatic rings. The van der Waals surface area contributed by atoms with Crippen molar-refractivity contribution in [3.05, 3.63) is 102 Å². The molecule has 0 saturated carbocycles. The van der Waals surface area contributed by atoms with E-state index in [2.05, 4.69) is 47.9 Å². The minimum atomic E-state index is -2.16. The molecule has 1 nitrogen and oxygen atoms in total. The fourth-order valence-corrected chi connectivity index (χ4v) is 3.62. The molecule has 0 aliphatic heterocycles. The van der Waals surface area contributed by atoms with Crippen LogP contribution < -0.4 is 4.57 Å². The molecular weight excluding hydrogens is 338 g/mol. The number of nitrogens with zero attached hydrogens (tertiary/aromatic N) is 1. The second kappa shape index (κ2) is 7.44. The molecule has 1 heteroatoms. The Bertz CT molecular complexity index is 1240. The fraction of sp³-hybridized carbons (Fsp3) is 0.148. The SMILES string of the molecule is [2H]C([2H])([2H])c1cc(C)ccc1-c1cc[n+](C)c(-c2cc(-c3ccccc3)ccc2C)c1. The van der Waals surface area contributed by atoms with E-state index < -0.39 is 6.85 Å². The lowest BCUT2D eigenvalue weighted by atomic mass is 9.94. The van der Waals surface area contributed by atoms with Gasteiger partial charge in [0.15, 0.2) is 6.20 Å². The van der Waals surface area contributed by atoms with Crippen molar-refractivity contribution in [2.45, 2.75) is 20.7 Å². The van der Waals surface area contributed by atoms with Crippen molar-refractivity contribution >= 4 is 0 Å². The van der Waals surface area contributed by atoms with Crippen molar-refractivity contribution in [2.24, 2.45) is 7.05 Å². The minimum Gasteiger partial charge on any atom is -0.201 e. The summed E-state index contributed by atoms with van der Waals surface area (Å²) in [6.45, 7) is 1.87. The van der Waals surface area contributed by atoms with E-state index >= 15 is 0 Å². The predicted octanol–water partition coefficient (Wildman–Crippen LogP) is 6.44. The first-order valence-electron chi connectivity index (χ1n) is 11.0. The monoisotopic (exact) mass is 367 g/mol. The Morgan fingerprint density at radius 1 is 0.679 bits per heavy atom. The van der Waals surface area contributed by atoms with Crippen LogP contribution in [0.25, 0.3) is 33.5 Å². The van der Waals surface area contributed by atoms with Crippen LogP contribution in [-0.2, 0) is 7.05 Å². The predicted molar refractivity (Wildman–Crippen MR) is 118 cm³/mol. The number of aryl methyl sites for hydroxylation is 4. The molecule has 1 aromatic heterocycles. The van der Waals surface area contributed by atoms with Gasteiger partial charge in [-0.1, -0.05) is 66.2 Å². The van der Waals surface area contributed by atoms with Gasteiger partial charge in [-0.15, -0.1) is 0 Å². The Morgan fingerprint density at radius 2 is 1.50 bits per heavy atom. The summed E-state index contributed by atoms with van der Waals surface area (Å²) in [7, 11) is 2.02. The summed E-state index contributed by atoms with van der Waals surface area (Å²) in [5.41, 5.74) is 8.68. The highest BCUT2D eigenvalue weighted by atomic mass is 14.9. The molecule has 138 valence electrons. The highest BCUT2D eigenvalue weighted by molar-refractivity contribution is 5.76. The maximum atomic E-state index is 8.01. The summed E-state index contributed by atoms with van der Waals surface area (Å²) in [5.74, 6) is 0. The maximum Gasteiger partial charge on any atom is 0.213 e. The third-order valence-corrected chi connectivity index (χ3v) is 5.26. The maximum absolute atomic E-state index is 8.01. The molecule has 4 aromatic rings. The lowest BCUT2D eigenvalue weighted by Crippen LogP contribution is -2.30. The molecule has 0 saturated heterocycles. The lowest BCUT2D eigenvalue weighted by Gasteiger charge is -2.11. The average Bonchev–Trinajstić information content (AvgIpc) is 2.75. The Balaban J connectivity index is 1.88. The van der Waals surface area contributed by atoms with Crippen LogP contribution in [-0.4, -0.2) is 0 Å². The van der Waals surface area contributed by atoms with Gasteiger partial charge in [0, 0.05) is 21.8 Å². The summed E-state index contributed by atoms with van der Waals surface area (Å²) in [6, 6.07) is 26.6. The third kappa shape index (κ3) is 3.48. The van der Waals surface area contributed by atoms with E-state index in [9.17, 15) is 0 Å². The first kappa shape index (κ1) is 14.8. The molecule has 0 spiro atoms. The normalized spacial score (nSPS) is 12.9. The van der Waals surface area contributed by atoms with Gasteiger partial charge in [0.1, 0.15) is 7.05 Å². The summed E-state index contributed by atoms with van der Waals surface area (Å²) in [6.07, 6.45) is 2.00. The van der Waals surface area contributed by atoms with Crippen LogP contribution in [0.3, 0.4) is 0 Å². The Kier molecular flexibility index (Phi) is 3.94. The van der Waals surface area contributed by atoms with E-state index in [1.807, 2.05) is 56.6 Å². The molecule has 3 aromatic carbocycles. The van der Waals surface area contributed by atoms with E-state index in [4.69, 9.17) is 4.11 Å². The zero-order valence-electron chi connectivity index (χ0n) is 19.5. The van der Waals surface area contributed by atoms with Crippen LogP contribution in [0.15, 0.2) is 85.1 Å². The van der Waals surface area contributed by atoms with E-state index in [1.54, 1.807) is 6.07 Å². The zero-order chi connectivity index (χ0) is 22.2. The molecule has 4 rings (SSSR count). The quantitative estimate of drug-likeness (QED) is 0.367. The molecule has 0 fully saturated rings. The Labute approximate surface area is 172 Å². The highest BCUT2D eigenvalue weighted by Crippen LogP contribution is 2.31. The highest BCUT2D eigenvalue weighted by Gasteiger charge is 2.16. The van der Waals surface area contributed by atoms with E-state index in [1.165, 1.54) is 11.1 Å². The van der Waals surface area contributed by atoms with Crippen molar-refractivity contribution in [2.75, 3.05) is 0 Å². The summed E-state index contributed by atoms with van der Waals surface area (Å²) in [4.78, 5) is 0. The van der Waals surface area contributed by atoms with Gasteiger partial charge in [0.2, 0.25) is 5.69 Å². The number of pyridine rings is 1. The van der Waals surface area contributed by atoms with Crippen LogP contribution in [0.5, 0.6) is 0 Å². The summed E-state index contributed by atoms with van der Waals surface area (Å²) in [5, 5.41) is 0. The molecule has 0 aliphatic carbocycles. The number of benzene rings is 3. The van der Waals surface area contributed by atoms with Gasteiger partial charge >= 0.3 is 0 Å². The lowest BCUT2D eigenvalue weighted by molar-refractivity contribution is -0.660. The summed E-state index contributed by atoms with van der Waals surface area (Å²) >= 11 is 0. The van der Waals surface area contributed by atoms with Gasteiger partial charge in [-0.2, -0.15) is 0 Å². The van der Waals surface area contributed by atoms with Crippen LogP contribution in [0.2, 0.25) is 0 Å². The van der Waals surface area contributed by atoms with Crippen LogP contribution in [0.1, 0.15) is 20.8 Å². The molecular formula is C27H26N+. The van der Waals surface area contributed by atoms with Crippen molar-refractivity contribution in [3.63, 3.8) is 0 Å². The molecule has 0 amide bonds. The van der Waals surface area contributed by atoms with Crippen LogP contribution >= 0.6 is 0 Å². The first-order chi connectivity index (χ1) is 14.7. The van der Waals surface area contributed by atoms with Gasteiger partial charge in [0.05, 0.1) is 0 Å². The molecule has 0 bridgehead atoms. The number of hydrogen-bond donors (Lipinski definition) is 0. The number of rotatable bonds is 3. The Morgan fingerprint density at radius 3 is 2.29 bits per heavy atom. The van der Waals surface area contributed by atoms with Crippen LogP contribution in [0.4, 0.5) is 0 Å². The number of aromatic nitrogens is 1. The topological polar surface area (TPSA) is 3.88 Å². The van der Waals surface area contributed by atoms with Gasteiger partial charge in [-0.25, -0.2) is 4.57 Å². The third-order valence-electron chi connectivity index (χ3n) is 5.26. The first-order valence-corrected chi connectivity index (χ1v) is 9.52. The van der Waals surface area contributed by atoms with Gasteiger partial charge < -0.3 is 0 Å². The van der Waals surface area contributed by atoms with Crippen molar-refractivity contribution in [1.29, 1.82) is 0 Å². The van der Waals surface area contributed by atoms with Crippen molar-refractivity contribution in [3.8, 4) is 33.5 Å². The molecule has 0 N–H and O–H groups in total. The molecule has 0 radical (unpaired) electrons. The van der Waals surface area contributed by atoms with Gasteiger partial charge in [-0.3, -0.25) is 0 Å². The van der Waals surface area contributed by atoms with Crippen LogP contribution in [0, 0.1) is 20.7 Å². The summed E-state index contributed by atoms with van der Waals surface area (Å²) < 4.78 is 26.1.